The third-order valence-corrected chi connectivity index (χ3v) is 2.30. The van der Waals surface area contributed by atoms with Gasteiger partial charge >= 0.3 is 5.69 Å². The molecule has 3 N–H and O–H groups in total. The van der Waals surface area contributed by atoms with E-state index in [0.29, 0.717) is 13.0 Å². The highest BCUT2D eigenvalue weighted by Crippen LogP contribution is 2.13. The van der Waals surface area contributed by atoms with Crippen LogP contribution in [-0.4, -0.2) is 28.6 Å². The lowest BCUT2D eigenvalue weighted by Gasteiger charge is -2.08. The number of H-pyrrole nitrogens is 2. The Kier molecular flexibility index (Phi) is 2.86. The van der Waals surface area contributed by atoms with Gasteiger partial charge in [-0.05, 0) is 12.8 Å². The fourth-order valence-corrected chi connectivity index (χ4v) is 1.50. The van der Waals surface area contributed by atoms with Gasteiger partial charge in [0.25, 0.3) is 11.5 Å². The van der Waals surface area contributed by atoms with Crippen molar-refractivity contribution in [3.05, 3.63) is 27.0 Å². The van der Waals surface area contributed by atoms with E-state index in [1.54, 1.807) is 0 Å². The second kappa shape index (κ2) is 4.31. The van der Waals surface area contributed by atoms with Crippen molar-refractivity contribution in [2.24, 2.45) is 0 Å². The van der Waals surface area contributed by atoms with Gasteiger partial charge in [-0.1, -0.05) is 0 Å². The van der Waals surface area contributed by atoms with Crippen LogP contribution in [-0.2, 0) is 9.53 Å². The summed E-state index contributed by atoms with van der Waals surface area (Å²) in [5, 5.41) is 2.40. The third kappa shape index (κ3) is 2.19. The van der Waals surface area contributed by atoms with Gasteiger partial charge in [0.2, 0.25) is 0 Å². The summed E-state index contributed by atoms with van der Waals surface area (Å²) in [6.45, 7) is 0.556. The predicted octanol–water partition coefficient (Wildman–Crippen LogP) is -0.819. The van der Waals surface area contributed by atoms with Gasteiger partial charge in [0, 0.05) is 12.8 Å². The average Bonchev–Trinajstić information content (AvgIpc) is 2.75. The van der Waals surface area contributed by atoms with Gasteiger partial charge in [-0.15, -0.1) is 0 Å². The van der Waals surface area contributed by atoms with Crippen LogP contribution in [0.2, 0.25) is 0 Å². The second-order valence-corrected chi connectivity index (χ2v) is 3.48. The molecule has 2 heterocycles. The van der Waals surface area contributed by atoms with Crippen LogP contribution >= 0.6 is 0 Å². The quantitative estimate of drug-likeness (QED) is 0.611. The van der Waals surface area contributed by atoms with Crippen molar-refractivity contribution in [3.8, 4) is 0 Å². The zero-order valence-electron chi connectivity index (χ0n) is 8.41. The summed E-state index contributed by atoms with van der Waals surface area (Å²) in [5.74, 6) is -0.366. The first-order valence-corrected chi connectivity index (χ1v) is 4.91. The van der Waals surface area contributed by atoms with E-state index in [2.05, 4.69) is 10.3 Å². The van der Waals surface area contributed by atoms with E-state index in [9.17, 15) is 14.4 Å². The number of anilines is 1. The van der Waals surface area contributed by atoms with Crippen molar-refractivity contribution in [2.45, 2.75) is 18.9 Å². The minimum Gasteiger partial charge on any atom is -0.368 e. The summed E-state index contributed by atoms with van der Waals surface area (Å²) < 4.78 is 5.15. The van der Waals surface area contributed by atoms with Crippen molar-refractivity contribution in [1.29, 1.82) is 0 Å². The van der Waals surface area contributed by atoms with Crippen molar-refractivity contribution >= 4 is 11.6 Å². The first-order chi connectivity index (χ1) is 7.66. The SMILES string of the molecule is O=C(Nc1c[nH]c(=O)[nH]c1=O)C1CCCO1. The number of nitrogens with one attached hydrogen (secondary N) is 3. The molecule has 1 fully saturated rings. The number of aromatic amines is 2. The van der Waals surface area contributed by atoms with Crippen LogP contribution in [0.5, 0.6) is 0 Å². The topological polar surface area (TPSA) is 104 Å². The molecule has 7 heteroatoms. The molecule has 1 aliphatic heterocycles. The molecule has 1 amide bonds. The molecule has 7 nitrogen and oxygen atoms in total. The minimum atomic E-state index is -0.630. The van der Waals surface area contributed by atoms with Gasteiger partial charge in [-0.3, -0.25) is 14.6 Å². The van der Waals surface area contributed by atoms with E-state index in [4.69, 9.17) is 4.74 Å². The molecule has 0 spiro atoms. The molecule has 0 radical (unpaired) electrons. The molecule has 0 saturated carbocycles. The fourth-order valence-electron chi connectivity index (χ4n) is 1.50. The molecule has 16 heavy (non-hydrogen) atoms. The summed E-state index contributed by atoms with van der Waals surface area (Å²) in [4.78, 5) is 37.8. The molecular weight excluding hydrogens is 214 g/mol. The first kappa shape index (κ1) is 10.6. The lowest BCUT2D eigenvalue weighted by molar-refractivity contribution is -0.124. The fraction of sp³-hybridized carbons (Fsp3) is 0.444. The molecular formula is C9H11N3O4. The van der Waals surface area contributed by atoms with Crippen LogP contribution in [0.3, 0.4) is 0 Å². The number of carbonyl (C=O) groups is 1. The molecule has 0 aliphatic carbocycles. The van der Waals surface area contributed by atoms with E-state index in [1.807, 2.05) is 4.98 Å². The summed E-state index contributed by atoms with van der Waals surface area (Å²) in [5.41, 5.74) is -1.23. The maximum Gasteiger partial charge on any atom is 0.325 e. The van der Waals surface area contributed by atoms with Gasteiger partial charge in [0.15, 0.2) is 0 Å². The zero-order chi connectivity index (χ0) is 11.5. The van der Waals surface area contributed by atoms with Gasteiger partial charge in [-0.25, -0.2) is 4.79 Å². The Bertz CT molecular complexity index is 498. The number of hydrogen-bond acceptors (Lipinski definition) is 4. The predicted molar refractivity (Wildman–Crippen MR) is 55.3 cm³/mol. The Morgan fingerprint density at radius 1 is 1.50 bits per heavy atom. The normalized spacial score (nSPS) is 19.6. The van der Waals surface area contributed by atoms with Gasteiger partial charge < -0.3 is 15.0 Å². The Morgan fingerprint density at radius 2 is 2.31 bits per heavy atom. The highest BCUT2D eigenvalue weighted by molar-refractivity contribution is 5.93. The van der Waals surface area contributed by atoms with E-state index in [1.165, 1.54) is 0 Å². The molecule has 1 aliphatic rings. The minimum absolute atomic E-state index is 0.0140. The Hall–Kier alpha value is -1.89. The van der Waals surface area contributed by atoms with Gasteiger partial charge in [0.1, 0.15) is 11.8 Å². The zero-order valence-corrected chi connectivity index (χ0v) is 8.41. The van der Waals surface area contributed by atoms with E-state index < -0.39 is 17.4 Å². The maximum atomic E-state index is 11.6. The van der Waals surface area contributed by atoms with Gasteiger partial charge in [-0.2, -0.15) is 0 Å². The molecule has 0 aromatic carbocycles. The lowest BCUT2D eigenvalue weighted by Crippen LogP contribution is -2.32. The average molecular weight is 225 g/mol. The van der Waals surface area contributed by atoms with Crippen molar-refractivity contribution < 1.29 is 9.53 Å². The molecule has 86 valence electrons. The lowest BCUT2D eigenvalue weighted by atomic mass is 10.2. The molecule has 0 bridgehead atoms. The van der Waals surface area contributed by atoms with Crippen molar-refractivity contribution in [3.63, 3.8) is 0 Å². The monoisotopic (exact) mass is 225 g/mol. The second-order valence-electron chi connectivity index (χ2n) is 3.48. The largest absolute Gasteiger partial charge is 0.368 e. The Labute approximate surface area is 89.8 Å². The van der Waals surface area contributed by atoms with E-state index in [0.717, 1.165) is 12.6 Å². The van der Waals surface area contributed by atoms with Crippen molar-refractivity contribution in [2.75, 3.05) is 11.9 Å². The number of aromatic nitrogens is 2. The van der Waals surface area contributed by atoms with Gasteiger partial charge in [0.05, 0.1) is 0 Å². The van der Waals surface area contributed by atoms with Crippen LogP contribution in [0.4, 0.5) is 5.69 Å². The van der Waals surface area contributed by atoms with E-state index in [-0.39, 0.29) is 11.6 Å². The summed E-state index contributed by atoms with van der Waals surface area (Å²) in [6, 6.07) is 0. The third-order valence-electron chi connectivity index (χ3n) is 2.30. The summed E-state index contributed by atoms with van der Waals surface area (Å²) in [6.07, 6.45) is 2.13. The smallest absolute Gasteiger partial charge is 0.325 e. The molecule has 1 unspecified atom stereocenters. The van der Waals surface area contributed by atoms with Crippen LogP contribution in [0.1, 0.15) is 12.8 Å². The Morgan fingerprint density at radius 3 is 2.94 bits per heavy atom. The van der Waals surface area contributed by atoms with Crippen LogP contribution < -0.4 is 16.6 Å². The number of rotatable bonds is 2. The molecule has 1 atom stereocenters. The molecule has 1 saturated heterocycles. The van der Waals surface area contributed by atoms with Crippen molar-refractivity contribution in [1.82, 2.24) is 9.97 Å². The molecule has 1 aromatic rings. The van der Waals surface area contributed by atoms with Crippen LogP contribution in [0, 0.1) is 0 Å². The summed E-state index contributed by atoms with van der Waals surface area (Å²) >= 11 is 0. The Balaban J connectivity index is 2.11. The van der Waals surface area contributed by atoms with Crippen LogP contribution in [0.25, 0.3) is 0 Å². The highest BCUT2D eigenvalue weighted by atomic mass is 16.5. The standard InChI is InChI=1S/C9H11N3O4/c13-7-5(4-10-9(15)12-7)11-8(14)6-2-1-3-16-6/h4,6H,1-3H2,(H,11,14)(H2,10,12,13,15). The first-order valence-electron chi connectivity index (χ1n) is 4.91. The summed E-state index contributed by atoms with van der Waals surface area (Å²) in [7, 11) is 0. The maximum absolute atomic E-state index is 11.6. The molecule has 2 rings (SSSR count). The number of amides is 1. The molecule has 1 aromatic heterocycles. The number of hydrogen-bond donors (Lipinski definition) is 3. The number of carbonyl (C=O) groups excluding carboxylic acids is 1. The highest BCUT2D eigenvalue weighted by Gasteiger charge is 2.24. The van der Waals surface area contributed by atoms with Crippen LogP contribution in [0.15, 0.2) is 15.8 Å². The number of ether oxygens (including phenoxy) is 1. The van der Waals surface area contributed by atoms with E-state index >= 15 is 0 Å².